The summed E-state index contributed by atoms with van der Waals surface area (Å²) in [6.07, 6.45) is 2.42. The molecule has 1 aromatic rings. The first kappa shape index (κ1) is 12.7. The minimum Gasteiger partial charge on any atom is -0.311 e. The Morgan fingerprint density at radius 3 is 2.20 bits per heavy atom. The highest BCUT2D eigenvalue weighted by molar-refractivity contribution is 7.11. The van der Waals surface area contributed by atoms with E-state index < -0.39 is 0 Å². The van der Waals surface area contributed by atoms with E-state index in [-0.39, 0.29) is 0 Å². The summed E-state index contributed by atoms with van der Waals surface area (Å²) in [5, 5.41) is 4.66. The second kappa shape index (κ2) is 5.61. The lowest BCUT2D eigenvalue weighted by Gasteiger charge is -2.22. The Kier molecular flexibility index (Phi) is 4.74. The van der Waals surface area contributed by atoms with Gasteiger partial charge in [0.15, 0.2) is 0 Å². The van der Waals surface area contributed by atoms with Gasteiger partial charge in [0.2, 0.25) is 0 Å². The lowest BCUT2D eigenvalue weighted by Crippen LogP contribution is -2.24. The molecule has 0 aliphatic heterocycles. The van der Waals surface area contributed by atoms with Crippen molar-refractivity contribution in [3.8, 4) is 0 Å². The molecule has 0 spiro atoms. The van der Waals surface area contributed by atoms with Gasteiger partial charge in [-0.2, -0.15) is 0 Å². The summed E-state index contributed by atoms with van der Waals surface area (Å²) in [5.41, 5.74) is 1.18. The molecule has 0 aromatic carbocycles. The zero-order valence-electron chi connectivity index (χ0n) is 10.4. The van der Waals surface area contributed by atoms with E-state index in [9.17, 15) is 0 Å². The monoisotopic (exact) mass is 226 g/mol. The van der Waals surface area contributed by atoms with E-state index in [1.165, 1.54) is 28.4 Å². The topological polar surface area (TPSA) is 24.9 Å². The van der Waals surface area contributed by atoms with Crippen molar-refractivity contribution in [1.29, 1.82) is 0 Å². The first-order chi connectivity index (χ1) is 7.13. The van der Waals surface area contributed by atoms with Gasteiger partial charge in [0.25, 0.3) is 0 Å². The lowest BCUT2D eigenvalue weighted by atomic mass is 9.95. The van der Waals surface area contributed by atoms with Crippen molar-refractivity contribution in [3.05, 3.63) is 15.6 Å². The van der Waals surface area contributed by atoms with E-state index in [2.05, 4.69) is 38.0 Å². The average Bonchev–Trinajstić information content (AvgIpc) is 2.55. The van der Waals surface area contributed by atoms with Gasteiger partial charge in [-0.05, 0) is 26.8 Å². The van der Waals surface area contributed by atoms with Crippen molar-refractivity contribution in [2.45, 2.75) is 46.6 Å². The normalized spacial score (nSPS) is 13.5. The molecule has 1 heterocycles. The fourth-order valence-corrected chi connectivity index (χ4v) is 3.08. The number of hydrogen-bond acceptors (Lipinski definition) is 3. The van der Waals surface area contributed by atoms with Crippen molar-refractivity contribution in [2.75, 3.05) is 7.05 Å². The molecule has 1 N–H and O–H groups in total. The molecular weight excluding hydrogens is 204 g/mol. The van der Waals surface area contributed by atoms with Gasteiger partial charge in [-0.3, -0.25) is 0 Å². The zero-order valence-corrected chi connectivity index (χ0v) is 11.2. The number of nitrogens with one attached hydrogen (secondary N) is 1. The van der Waals surface area contributed by atoms with Crippen LogP contribution >= 0.6 is 11.3 Å². The van der Waals surface area contributed by atoms with Crippen molar-refractivity contribution in [3.63, 3.8) is 0 Å². The fourth-order valence-electron chi connectivity index (χ4n) is 1.95. The maximum absolute atomic E-state index is 4.65. The number of hydrogen-bond donors (Lipinski definition) is 1. The van der Waals surface area contributed by atoms with Gasteiger partial charge in [-0.1, -0.05) is 26.7 Å². The van der Waals surface area contributed by atoms with Crippen molar-refractivity contribution in [2.24, 2.45) is 5.92 Å². The Labute approximate surface area is 97.1 Å². The quantitative estimate of drug-likeness (QED) is 0.831. The second-order valence-electron chi connectivity index (χ2n) is 4.04. The van der Waals surface area contributed by atoms with Gasteiger partial charge in [0, 0.05) is 4.88 Å². The van der Waals surface area contributed by atoms with E-state index in [0.29, 0.717) is 12.0 Å². The first-order valence-corrected chi connectivity index (χ1v) is 6.56. The number of thiazole rings is 1. The van der Waals surface area contributed by atoms with Crippen molar-refractivity contribution >= 4 is 11.3 Å². The van der Waals surface area contributed by atoms with E-state index in [4.69, 9.17) is 0 Å². The summed E-state index contributed by atoms with van der Waals surface area (Å²) in [6.45, 7) is 8.75. The number of aryl methyl sites for hydroxylation is 2. The maximum atomic E-state index is 4.65. The highest BCUT2D eigenvalue weighted by Crippen LogP contribution is 2.31. The highest BCUT2D eigenvalue weighted by atomic mass is 32.1. The van der Waals surface area contributed by atoms with Gasteiger partial charge in [-0.25, -0.2) is 4.98 Å². The third kappa shape index (κ3) is 2.79. The van der Waals surface area contributed by atoms with Crippen molar-refractivity contribution in [1.82, 2.24) is 10.3 Å². The maximum Gasteiger partial charge on any atom is 0.110 e. The molecule has 0 amide bonds. The molecular formula is C12H22N2S. The van der Waals surface area contributed by atoms with Crippen LogP contribution in [0, 0.1) is 19.8 Å². The predicted molar refractivity (Wildman–Crippen MR) is 67.5 cm³/mol. The van der Waals surface area contributed by atoms with Crippen molar-refractivity contribution < 1.29 is 0 Å². The molecule has 0 saturated carbocycles. The summed E-state index contributed by atoms with van der Waals surface area (Å²) in [4.78, 5) is 6.00. The zero-order chi connectivity index (χ0) is 11.4. The molecule has 0 fully saturated rings. The molecule has 0 aliphatic carbocycles. The Morgan fingerprint density at radius 1 is 1.27 bits per heavy atom. The number of aromatic nitrogens is 1. The van der Waals surface area contributed by atoms with E-state index in [1.807, 2.05) is 18.4 Å². The van der Waals surface area contributed by atoms with Gasteiger partial charge < -0.3 is 5.32 Å². The van der Waals surface area contributed by atoms with Crippen LogP contribution in [0.1, 0.15) is 48.3 Å². The Hall–Kier alpha value is -0.410. The standard InChI is InChI=1S/C12H22N2S/c1-6-10(7-2)11(13-5)12-14-8(3)9(4)15-12/h10-11,13H,6-7H2,1-5H3. The van der Waals surface area contributed by atoms with Crippen LogP contribution in [0.4, 0.5) is 0 Å². The van der Waals surface area contributed by atoms with Crippen LogP contribution in [0.15, 0.2) is 0 Å². The van der Waals surface area contributed by atoms with Crippen LogP contribution < -0.4 is 5.32 Å². The molecule has 0 saturated heterocycles. The molecule has 0 bridgehead atoms. The summed E-state index contributed by atoms with van der Waals surface area (Å²) in [5.74, 6) is 0.694. The average molecular weight is 226 g/mol. The molecule has 1 rings (SSSR count). The van der Waals surface area contributed by atoms with Crippen LogP contribution in [0.2, 0.25) is 0 Å². The summed E-state index contributed by atoms with van der Waals surface area (Å²) in [7, 11) is 2.04. The predicted octanol–water partition coefficient (Wildman–Crippen LogP) is 3.46. The molecule has 86 valence electrons. The largest absolute Gasteiger partial charge is 0.311 e. The van der Waals surface area contributed by atoms with E-state index in [0.717, 1.165) is 0 Å². The molecule has 0 radical (unpaired) electrons. The number of nitrogens with zero attached hydrogens (tertiary/aromatic N) is 1. The smallest absolute Gasteiger partial charge is 0.110 e. The van der Waals surface area contributed by atoms with Crippen LogP contribution in [0.5, 0.6) is 0 Å². The molecule has 1 atom stereocenters. The molecule has 1 unspecified atom stereocenters. The summed E-state index contributed by atoms with van der Waals surface area (Å²) in [6, 6.07) is 0.428. The Morgan fingerprint density at radius 2 is 1.87 bits per heavy atom. The van der Waals surface area contributed by atoms with Crippen LogP contribution in [0.3, 0.4) is 0 Å². The summed E-state index contributed by atoms with van der Waals surface area (Å²) >= 11 is 1.83. The third-order valence-corrected chi connectivity index (χ3v) is 4.30. The third-order valence-electron chi connectivity index (χ3n) is 3.14. The van der Waals surface area contributed by atoms with Crippen LogP contribution in [-0.2, 0) is 0 Å². The van der Waals surface area contributed by atoms with Gasteiger partial charge in [0.05, 0.1) is 11.7 Å². The lowest BCUT2D eigenvalue weighted by molar-refractivity contribution is 0.358. The second-order valence-corrected chi connectivity index (χ2v) is 5.27. The SMILES string of the molecule is CCC(CC)C(NC)c1nc(C)c(C)s1. The molecule has 0 aliphatic rings. The molecule has 1 aromatic heterocycles. The minimum absolute atomic E-state index is 0.428. The number of rotatable bonds is 5. The first-order valence-electron chi connectivity index (χ1n) is 5.75. The van der Waals surface area contributed by atoms with Gasteiger partial charge in [-0.15, -0.1) is 11.3 Å². The summed E-state index contributed by atoms with van der Waals surface area (Å²) < 4.78 is 0. The van der Waals surface area contributed by atoms with E-state index >= 15 is 0 Å². The fraction of sp³-hybridized carbons (Fsp3) is 0.750. The van der Waals surface area contributed by atoms with E-state index in [1.54, 1.807) is 0 Å². The highest BCUT2D eigenvalue weighted by Gasteiger charge is 2.22. The van der Waals surface area contributed by atoms with Crippen LogP contribution in [-0.4, -0.2) is 12.0 Å². The minimum atomic E-state index is 0.428. The Bertz CT molecular complexity index is 283. The molecule has 2 nitrogen and oxygen atoms in total. The Balaban J connectivity index is 2.91. The molecule has 15 heavy (non-hydrogen) atoms. The molecule has 3 heteroatoms. The van der Waals surface area contributed by atoms with Gasteiger partial charge in [0.1, 0.15) is 5.01 Å². The van der Waals surface area contributed by atoms with Crippen LogP contribution in [0.25, 0.3) is 0 Å². The van der Waals surface area contributed by atoms with Gasteiger partial charge >= 0.3 is 0 Å².